The molecule has 6 heteroatoms. The van der Waals surface area contributed by atoms with E-state index >= 15 is 0 Å². The van der Waals surface area contributed by atoms with Crippen LogP contribution in [0.2, 0.25) is 0 Å². The van der Waals surface area contributed by atoms with Gasteiger partial charge in [-0.25, -0.2) is 4.79 Å². The fourth-order valence-corrected chi connectivity index (χ4v) is 1.88. The largest absolute Gasteiger partial charge is 0.493 e. The second kappa shape index (κ2) is 8.90. The summed E-state index contributed by atoms with van der Waals surface area (Å²) in [6.07, 6.45) is 0.766. The fraction of sp³-hybridized carbons (Fsp3) is 0.462. The number of halogens is 1. The van der Waals surface area contributed by atoms with Crippen LogP contribution >= 0.6 is 15.9 Å². The third kappa shape index (κ3) is 6.04. The van der Waals surface area contributed by atoms with Gasteiger partial charge in [0.2, 0.25) is 0 Å². The molecule has 0 aliphatic rings. The summed E-state index contributed by atoms with van der Waals surface area (Å²) in [5.41, 5.74) is 0.218. The SMILES string of the molecule is COCCOCCCOc1ccc(C(=O)O)c(Br)c1. The minimum absolute atomic E-state index is 0.218. The number of rotatable bonds is 9. The van der Waals surface area contributed by atoms with Gasteiger partial charge >= 0.3 is 5.97 Å². The molecule has 1 rings (SSSR count). The van der Waals surface area contributed by atoms with E-state index in [-0.39, 0.29) is 5.56 Å². The Morgan fingerprint density at radius 1 is 1.26 bits per heavy atom. The Bertz CT molecular complexity index is 408. The van der Waals surface area contributed by atoms with E-state index in [1.807, 2.05) is 0 Å². The molecule has 1 N–H and O–H groups in total. The molecule has 0 spiro atoms. The highest BCUT2D eigenvalue weighted by Crippen LogP contribution is 2.23. The molecule has 0 bridgehead atoms. The summed E-state index contributed by atoms with van der Waals surface area (Å²) >= 11 is 3.20. The molecule has 0 aromatic heterocycles. The predicted molar refractivity (Wildman–Crippen MR) is 73.9 cm³/mol. The van der Waals surface area contributed by atoms with Crippen LogP contribution in [0.4, 0.5) is 0 Å². The summed E-state index contributed by atoms with van der Waals surface area (Å²) < 4.78 is 16.1. The maximum absolute atomic E-state index is 10.8. The predicted octanol–water partition coefficient (Wildman–Crippen LogP) is 2.58. The van der Waals surface area contributed by atoms with E-state index in [2.05, 4.69) is 15.9 Å². The Labute approximate surface area is 120 Å². The van der Waals surface area contributed by atoms with Crippen LogP contribution in [0.1, 0.15) is 16.8 Å². The van der Waals surface area contributed by atoms with Crippen LogP contribution in [-0.2, 0) is 9.47 Å². The molecule has 0 saturated heterocycles. The van der Waals surface area contributed by atoms with E-state index in [9.17, 15) is 4.79 Å². The van der Waals surface area contributed by atoms with Gasteiger partial charge in [0.25, 0.3) is 0 Å². The van der Waals surface area contributed by atoms with Gasteiger partial charge in [-0.15, -0.1) is 0 Å². The van der Waals surface area contributed by atoms with E-state index in [0.717, 1.165) is 6.42 Å². The summed E-state index contributed by atoms with van der Waals surface area (Å²) in [7, 11) is 1.63. The van der Waals surface area contributed by atoms with Crippen molar-refractivity contribution in [1.82, 2.24) is 0 Å². The van der Waals surface area contributed by atoms with Crippen LogP contribution in [0.3, 0.4) is 0 Å². The highest BCUT2D eigenvalue weighted by atomic mass is 79.9. The van der Waals surface area contributed by atoms with E-state index in [1.165, 1.54) is 6.07 Å². The lowest BCUT2D eigenvalue weighted by molar-refractivity contribution is 0.0644. The molecular weight excluding hydrogens is 316 g/mol. The number of aromatic carboxylic acids is 1. The van der Waals surface area contributed by atoms with Crippen molar-refractivity contribution in [2.45, 2.75) is 6.42 Å². The van der Waals surface area contributed by atoms with Crippen LogP contribution < -0.4 is 4.74 Å². The molecule has 0 aliphatic heterocycles. The standard InChI is InChI=1S/C13H17BrO5/c1-17-7-8-18-5-2-6-19-10-3-4-11(13(15)16)12(14)9-10/h3-4,9H,2,5-8H2,1H3,(H,15,16). The third-order valence-electron chi connectivity index (χ3n) is 2.30. The van der Waals surface area contributed by atoms with E-state index in [1.54, 1.807) is 19.2 Å². The normalized spacial score (nSPS) is 10.4. The van der Waals surface area contributed by atoms with Crippen LogP contribution in [-0.4, -0.2) is 44.6 Å². The van der Waals surface area contributed by atoms with Crippen molar-refractivity contribution < 1.29 is 24.1 Å². The Balaban J connectivity index is 2.26. The lowest BCUT2D eigenvalue weighted by Gasteiger charge is -2.08. The van der Waals surface area contributed by atoms with Gasteiger partial charge in [0, 0.05) is 24.6 Å². The molecule has 1 aromatic carbocycles. The topological polar surface area (TPSA) is 65.0 Å². The molecule has 0 radical (unpaired) electrons. The number of carboxylic acids is 1. The number of ether oxygens (including phenoxy) is 3. The van der Waals surface area contributed by atoms with Gasteiger partial charge in [-0.2, -0.15) is 0 Å². The Kier molecular flexibility index (Phi) is 7.47. The first-order chi connectivity index (χ1) is 9.15. The summed E-state index contributed by atoms with van der Waals surface area (Å²) in [5.74, 6) is -0.335. The molecule has 0 fully saturated rings. The van der Waals surface area contributed by atoms with Crippen molar-refractivity contribution in [3.8, 4) is 5.75 Å². The van der Waals surface area contributed by atoms with Crippen LogP contribution in [0, 0.1) is 0 Å². The molecule has 5 nitrogen and oxygen atoms in total. The molecule has 0 amide bonds. The third-order valence-corrected chi connectivity index (χ3v) is 2.96. The number of carboxylic acid groups (broad SMARTS) is 1. The lowest BCUT2D eigenvalue weighted by Crippen LogP contribution is -2.07. The highest BCUT2D eigenvalue weighted by Gasteiger charge is 2.08. The maximum atomic E-state index is 10.8. The van der Waals surface area contributed by atoms with E-state index < -0.39 is 5.97 Å². The number of hydrogen-bond acceptors (Lipinski definition) is 4. The van der Waals surface area contributed by atoms with Gasteiger partial charge in [0.15, 0.2) is 0 Å². The monoisotopic (exact) mass is 332 g/mol. The summed E-state index contributed by atoms with van der Waals surface area (Å²) in [5, 5.41) is 8.88. The van der Waals surface area contributed by atoms with Crippen molar-refractivity contribution in [2.75, 3.05) is 33.5 Å². The molecule has 0 saturated carbocycles. The number of hydrogen-bond donors (Lipinski definition) is 1. The molecule has 1 aromatic rings. The van der Waals surface area contributed by atoms with E-state index in [0.29, 0.717) is 36.6 Å². The average Bonchev–Trinajstić information content (AvgIpc) is 2.37. The van der Waals surface area contributed by atoms with Gasteiger partial charge in [-0.1, -0.05) is 0 Å². The number of carbonyl (C=O) groups is 1. The Hall–Kier alpha value is -1.11. The van der Waals surface area contributed by atoms with Crippen LogP contribution in [0.25, 0.3) is 0 Å². The van der Waals surface area contributed by atoms with Crippen molar-refractivity contribution in [2.24, 2.45) is 0 Å². The van der Waals surface area contributed by atoms with Gasteiger partial charge in [-0.3, -0.25) is 0 Å². The van der Waals surface area contributed by atoms with Crippen molar-refractivity contribution >= 4 is 21.9 Å². The van der Waals surface area contributed by atoms with Gasteiger partial charge in [-0.05, 0) is 34.1 Å². The quantitative estimate of drug-likeness (QED) is 0.704. The molecular formula is C13H17BrO5. The maximum Gasteiger partial charge on any atom is 0.336 e. The summed E-state index contributed by atoms with van der Waals surface area (Å²) in [6.45, 7) is 2.30. The zero-order valence-corrected chi connectivity index (χ0v) is 12.3. The number of methoxy groups -OCH3 is 1. The van der Waals surface area contributed by atoms with Gasteiger partial charge in [0.05, 0.1) is 25.4 Å². The number of benzene rings is 1. The Morgan fingerprint density at radius 2 is 2.05 bits per heavy atom. The zero-order chi connectivity index (χ0) is 14.1. The zero-order valence-electron chi connectivity index (χ0n) is 10.7. The molecule has 0 heterocycles. The molecule has 0 unspecified atom stereocenters. The summed E-state index contributed by atoms with van der Waals surface area (Å²) in [4.78, 5) is 10.8. The van der Waals surface area contributed by atoms with E-state index in [4.69, 9.17) is 19.3 Å². The molecule has 106 valence electrons. The second-order valence-corrected chi connectivity index (χ2v) is 4.61. The highest BCUT2D eigenvalue weighted by molar-refractivity contribution is 9.10. The Morgan fingerprint density at radius 3 is 2.68 bits per heavy atom. The average molecular weight is 333 g/mol. The van der Waals surface area contributed by atoms with Gasteiger partial charge < -0.3 is 19.3 Å². The van der Waals surface area contributed by atoms with Crippen molar-refractivity contribution in [3.63, 3.8) is 0 Å². The lowest BCUT2D eigenvalue weighted by atomic mass is 10.2. The second-order valence-electron chi connectivity index (χ2n) is 3.75. The first-order valence-corrected chi connectivity index (χ1v) is 6.66. The summed E-state index contributed by atoms with van der Waals surface area (Å²) in [6, 6.07) is 4.80. The first-order valence-electron chi connectivity index (χ1n) is 5.87. The van der Waals surface area contributed by atoms with Crippen LogP contribution in [0.5, 0.6) is 5.75 Å². The van der Waals surface area contributed by atoms with Crippen LogP contribution in [0.15, 0.2) is 22.7 Å². The first kappa shape index (κ1) is 15.9. The van der Waals surface area contributed by atoms with Gasteiger partial charge in [0.1, 0.15) is 5.75 Å². The molecule has 0 aliphatic carbocycles. The van der Waals surface area contributed by atoms with Crippen molar-refractivity contribution in [1.29, 1.82) is 0 Å². The fourth-order valence-electron chi connectivity index (χ4n) is 1.35. The van der Waals surface area contributed by atoms with Crippen molar-refractivity contribution in [3.05, 3.63) is 28.2 Å². The minimum Gasteiger partial charge on any atom is -0.493 e. The molecule has 19 heavy (non-hydrogen) atoms. The molecule has 0 atom stereocenters. The minimum atomic E-state index is -0.968. The smallest absolute Gasteiger partial charge is 0.336 e.